The number of hydrogen-bond donors (Lipinski definition) is 2. The molecule has 4 heteroatoms. The quantitative estimate of drug-likeness (QED) is 0.667. The summed E-state index contributed by atoms with van der Waals surface area (Å²) in [6, 6.07) is 10.8. The number of benzene rings is 2. The fourth-order valence-corrected chi connectivity index (χ4v) is 2.27. The van der Waals surface area contributed by atoms with Crippen molar-refractivity contribution in [1.82, 2.24) is 0 Å². The predicted molar refractivity (Wildman–Crippen MR) is 84.5 cm³/mol. The van der Waals surface area contributed by atoms with Crippen molar-refractivity contribution >= 4 is 22.9 Å². The van der Waals surface area contributed by atoms with Gasteiger partial charge in [-0.2, -0.15) is 0 Å². The zero-order valence-corrected chi connectivity index (χ0v) is 12.1. The lowest BCUT2D eigenvalue weighted by Gasteiger charge is -2.09. The highest BCUT2D eigenvalue weighted by Crippen LogP contribution is 2.20. The van der Waals surface area contributed by atoms with E-state index >= 15 is 0 Å². The van der Waals surface area contributed by atoms with E-state index in [2.05, 4.69) is 0 Å². The molecule has 0 saturated carbocycles. The molecule has 0 amide bonds. The van der Waals surface area contributed by atoms with E-state index in [-0.39, 0.29) is 11.6 Å². The van der Waals surface area contributed by atoms with Gasteiger partial charge in [0.2, 0.25) is 0 Å². The number of carbonyl (C=O) groups is 2. The maximum absolute atomic E-state index is 11.5. The molecule has 0 radical (unpaired) electrons. The van der Waals surface area contributed by atoms with Crippen molar-refractivity contribution < 1.29 is 9.59 Å². The number of carbonyl (C=O) groups excluding carboxylic acids is 2. The third-order valence-corrected chi connectivity index (χ3v) is 3.40. The normalized spacial score (nSPS) is 10.4. The Balaban J connectivity index is 2.34. The van der Waals surface area contributed by atoms with Gasteiger partial charge >= 0.3 is 0 Å². The van der Waals surface area contributed by atoms with Crippen molar-refractivity contribution in [3.05, 3.63) is 58.7 Å². The molecule has 4 N–H and O–H groups in total. The molecule has 0 fully saturated rings. The van der Waals surface area contributed by atoms with Crippen LogP contribution < -0.4 is 11.5 Å². The first-order valence-electron chi connectivity index (χ1n) is 6.67. The third kappa shape index (κ3) is 3.28. The number of Topliss-reactive ketones (excluding diaryl/α,β-unsaturated/α-hetero) is 2. The lowest BCUT2D eigenvalue weighted by Crippen LogP contribution is -2.03. The van der Waals surface area contributed by atoms with Crippen LogP contribution in [0.5, 0.6) is 0 Å². The molecule has 4 nitrogen and oxygen atoms in total. The molecule has 0 unspecified atom stereocenters. The highest BCUT2D eigenvalue weighted by Gasteiger charge is 2.09. The SMILES string of the molecule is CC(=O)c1cc(Cc2ccc(N)c(C(C)=O)c2)ccc1N. The molecule has 0 spiro atoms. The van der Waals surface area contributed by atoms with Crippen LogP contribution >= 0.6 is 0 Å². The van der Waals surface area contributed by atoms with Gasteiger partial charge in [-0.1, -0.05) is 12.1 Å². The number of anilines is 2. The second-order valence-corrected chi connectivity index (χ2v) is 5.13. The van der Waals surface area contributed by atoms with Gasteiger partial charge in [0.15, 0.2) is 11.6 Å². The lowest BCUT2D eigenvalue weighted by atomic mass is 9.98. The zero-order chi connectivity index (χ0) is 15.6. The van der Waals surface area contributed by atoms with Gasteiger partial charge in [0, 0.05) is 22.5 Å². The lowest BCUT2D eigenvalue weighted by molar-refractivity contribution is 0.101. The number of nitrogens with two attached hydrogens (primary N) is 2. The maximum Gasteiger partial charge on any atom is 0.161 e. The average Bonchev–Trinajstić information content (AvgIpc) is 2.42. The van der Waals surface area contributed by atoms with Gasteiger partial charge in [-0.15, -0.1) is 0 Å². The van der Waals surface area contributed by atoms with Gasteiger partial charge < -0.3 is 11.5 Å². The van der Waals surface area contributed by atoms with Crippen LogP contribution in [-0.4, -0.2) is 11.6 Å². The Kier molecular flexibility index (Phi) is 4.08. The van der Waals surface area contributed by atoms with Gasteiger partial charge in [-0.25, -0.2) is 0 Å². The summed E-state index contributed by atoms with van der Waals surface area (Å²) in [7, 11) is 0. The first-order valence-corrected chi connectivity index (χ1v) is 6.67. The Bertz CT molecular complexity index is 659. The molecule has 108 valence electrons. The number of nitrogen functional groups attached to an aromatic ring is 2. The molecule has 0 aromatic heterocycles. The molecule has 0 bridgehead atoms. The smallest absolute Gasteiger partial charge is 0.161 e. The van der Waals surface area contributed by atoms with E-state index in [4.69, 9.17) is 11.5 Å². The summed E-state index contributed by atoms with van der Waals surface area (Å²) in [5, 5.41) is 0. The molecule has 0 atom stereocenters. The van der Waals surface area contributed by atoms with Crippen LogP contribution in [0.4, 0.5) is 11.4 Å². The van der Waals surface area contributed by atoms with Crippen LogP contribution in [0, 0.1) is 0 Å². The Morgan fingerprint density at radius 3 is 1.52 bits per heavy atom. The molecule has 0 heterocycles. The Morgan fingerprint density at radius 2 is 1.19 bits per heavy atom. The van der Waals surface area contributed by atoms with E-state index in [9.17, 15) is 9.59 Å². The average molecular weight is 282 g/mol. The topological polar surface area (TPSA) is 86.2 Å². The summed E-state index contributed by atoms with van der Waals surface area (Å²) in [5.74, 6) is -0.118. The van der Waals surface area contributed by atoms with E-state index in [1.54, 1.807) is 24.3 Å². The molecule has 2 rings (SSSR count). The van der Waals surface area contributed by atoms with E-state index in [0.717, 1.165) is 11.1 Å². The van der Waals surface area contributed by atoms with Crippen molar-refractivity contribution in [1.29, 1.82) is 0 Å². The summed E-state index contributed by atoms with van der Waals surface area (Å²) in [4.78, 5) is 23.0. The van der Waals surface area contributed by atoms with E-state index in [1.165, 1.54) is 13.8 Å². The Hall–Kier alpha value is -2.62. The second kappa shape index (κ2) is 5.79. The van der Waals surface area contributed by atoms with E-state index in [0.29, 0.717) is 28.9 Å². The third-order valence-electron chi connectivity index (χ3n) is 3.40. The van der Waals surface area contributed by atoms with Crippen LogP contribution in [0.2, 0.25) is 0 Å². The summed E-state index contributed by atoms with van der Waals surface area (Å²) in [5.41, 5.74) is 15.5. The van der Waals surface area contributed by atoms with Crippen molar-refractivity contribution in [2.24, 2.45) is 0 Å². The zero-order valence-electron chi connectivity index (χ0n) is 12.1. The molecular weight excluding hydrogens is 264 g/mol. The number of hydrogen-bond acceptors (Lipinski definition) is 4. The highest BCUT2D eigenvalue weighted by molar-refractivity contribution is 6.00. The van der Waals surface area contributed by atoms with E-state index in [1.807, 2.05) is 12.1 Å². The second-order valence-electron chi connectivity index (χ2n) is 5.13. The minimum atomic E-state index is -0.0592. The van der Waals surface area contributed by atoms with Crippen LogP contribution in [0.1, 0.15) is 45.7 Å². The highest BCUT2D eigenvalue weighted by atomic mass is 16.1. The number of ketones is 2. The predicted octanol–water partition coefficient (Wildman–Crippen LogP) is 2.85. The van der Waals surface area contributed by atoms with E-state index < -0.39 is 0 Å². The fraction of sp³-hybridized carbons (Fsp3) is 0.176. The fourth-order valence-electron chi connectivity index (χ4n) is 2.27. The van der Waals surface area contributed by atoms with Crippen molar-refractivity contribution in [3.63, 3.8) is 0 Å². The molecule has 0 aliphatic rings. The summed E-state index contributed by atoms with van der Waals surface area (Å²) in [6.45, 7) is 2.99. The summed E-state index contributed by atoms with van der Waals surface area (Å²) in [6.07, 6.45) is 0.612. The van der Waals surface area contributed by atoms with Gasteiger partial charge in [-0.05, 0) is 55.7 Å². The monoisotopic (exact) mass is 282 g/mol. The van der Waals surface area contributed by atoms with Crippen LogP contribution in [0.25, 0.3) is 0 Å². The van der Waals surface area contributed by atoms with Crippen molar-refractivity contribution in [2.75, 3.05) is 11.5 Å². The molecule has 0 aliphatic heterocycles. The molecule has 0 aliphatic carbocycles. The molecule has 21 heavy (non-hydrogen) atoms. The maximum atomic E-state index is 11.5. The Morgan fingerprint density at radius 1 is 0.810 bits per heavy atom. The standard InChI is InChI=1S/C17H18N2O2/c1-10(20)14-8-12(3-5-16(14)18)7-13-4-6-17(19)15(9-13)11(2)21/h3-6,8-9H,7,18-19H2,1-2H3. The van der Waals surface area contributed by atoms with Crippen LogP contribution in [0.3, 0.4) is 0 Å². The summed E-state index contributed by atoms with van der Waals surface area (Å²) < 4.78 is 0. The van der Waals surface area contributed by atoms with Crippen LogP contribution in [-0.2, 0) is 6.42 Å². The Labute approximate surface area is 123 Å². The van der Waals surface area contributed by atoms with Crippen molar-refractivity contribution in [2.45, 2.75) is 20.3 Å². The molecule has 2 aromatic carbocycles. The largest absolute Gasteiger partial charge is 0.398 e. The first kappa shape index (κ1) is 14.8. The van der Waals surface area contributed by atoms with Crippen molar-refractivity contribution in [3.8, 4) is 0 Å². The van der Waals surface area contributed by atoms with Gasteiger partial charge in [0.1, 0.15) is 0 Å². The van der Waals surface area contributed by atoms with Gasteiger partial charge in [-0.3, -0.25) is 9.59 Å². The van der Waals surface area contributed by atoms with Gasteiger partial charge in [0.05, 0.1) is 0 Å². The molecular formula is C17H18N2O2. The molecule has 0 saturated heterocycles. The molecule has 2 aromatic rings. The first-order chi connectivity index (χ1) is 9.88. The summed E-state index contributed by atoms with van der Waals surface area (Å²) >= 11 is 0. The van der Waals surface area contributed by atoms with Crippen LogP contribution in [0.15, 0.2) is 36.4 Å². The minimum Gasteiger partial charge on any atom is -0.398 e. The minimum absolute atomic E-state index is 0.0592. The number of rotatable bonds is 4. The van der Waals surface area contributed by atoms with Gasteiger partial charge in [0.25, 0.3) is 0 Å².